The monoisotopic (exact) mass is 256 g/mol. The molecule has 1 aliphatic heterocycles. The molecule has 2 heterocycles. The minimum atomic E-state index is 0.136. The summed E-state index contributed by atoms with van der Waals surface area (Å²) in [6, 6.07) is 6.59. The summed E-state index contributed by atoms with van der Waals surface area (Å²) in [5, 5.41) is 4.61. The molecule has 1 saturated heterocycles. The first kappa shape index (κ1) is 12.4. The van der Waals surface area contributed by atoms with Gasteiger partial charge in [-0.15, -0.1) is 0 Å². The van der Waals surface area contributed by atoms with E-state index in [0.29, 0.717) is 0 Å². The van der Waals surface area contributed by atoms with Crippen LogP contribution in [-0.2, 0) is 7.05 Å². The van der Waals surface area contributed by atoms with E-state index in [-0.39, 0.29) is 11.6 Å². The predicted molar refractivity (Wildman–Crippen MR) is 78.6 cm³/mol. The number of benzene rings is 1. The molecule has 1 aromatic heterocycles. The summed E-state index contributed by atoms with van der Waals surface area (Å²) in [6.45, 7) is 5.20. The van der Waals surface area contributed by atoms with Gasteiger partial charge < -0.3 is 9.88 Å². The summed E-state index contributed by atoms with van der Waals surface area (Å²) < 4.78 is 1.80. The number of aromatic nitrogens is 1. The fourth-order valence-corrected chi connectivity index (χ4v) is 3.14. The lowest BCUT2D eigenvalue weighted by molar-refractivity contribution is 0.633. The van der Waals surface area contributed by atoms with E-state index in [1.807, 2.05) is 7.05 Å². The van der Waals surface area contributed by atoms with Crippen molar-refractivity contribution in [2.45, 2.75) is 32.7 Å². The van der Waals surface area contributed by atoms with Gasteiger partial charge in [0, 0.05) is 24.0 Å². The van der Waals surface area contributed by atoms with Crippen molar-refractivity contribution in [2.24, 2.45) is 7.05 Å². The Morgan fingerprint density at radius 2 is 2.05 bits per heavy atom. The lowest BCUT2D eigenvalue weighted by Gasteiger charge is -2.15. The Hall–Kier alpha value is -1.61. The Labute approximate surface area is 113 Å². The van der Waals surface area contributed by atoms with E-state index < -0.39 is 0 Å². The van der Waals surface area contributed by atoms with Gasteiger partial charge in [-0.1, -0.05) is 6.07 Å². The number of aryl methyl sites for hydroxylation is 3. The van der Waals surface area contributed by atoms with E-state index in [1.165, 1.54) is 16.5 Å². The van der Waals surface area contributed by atoms with Crippen molar-refractivity contribution in [1.29, 1.82) is 0 Å². The molecular formula is C16H20N2O. The van der Waals surface area contributed by atoms with Gasteiger partial charge in [-0.25, -0.2) is 0 Å². The molecule has 1 N–H and O–H groups in total. The fraction of sp³-hybridized carbons (Fsp3) is 0.438. The first-order valence-corrected chi connectivity index (χ1v) is 6.92. The number of pyridine rings is 1. The van der Waals surface area contributed by atoms with E-state index in [1.54, 1.807) is 4.57 Å². The average molecular weight is 256 g/mol. The predicted octanol–water partition coefficient (Wildman–Crippen LogP) is 2.58. The molecule has 1 fully saturated rings. The number of nitrogens with one attached hydrogen (secondary N) is 1. The van der Waals surface area contributed by atoms with Gasteiger partial charge in [0.15, 0.2) is 0 Å². The lowest BCUT2D eigenvalue weighted by atomic mass is 10.0. The highest BCUT2D eigenvalue weighted by molar-refractivity contribution is 5.84. The third-order valence-corrected chi connectivity index (χ3v) is 4.16. The third kappa shape index (κ3) is 1.98. The Bertz CT molecular complexity index is 694. The topological polar surface area (TPSA) is 34.0 Å². The molecule has 3 rings (SSSR count). The van der Waals surface area contributed by atoms with Gasteiger partial charge in [0.05, 0.1) is 5.52 Å². The van der Waals surface area contributed by atoms with Crippen molar-refractivity contribution in [3.05, 3.63) is 45.2 Å². The molecule has 100 valence electrons. The van der Waals surface area contributed by atoms with Gasteiger partial charge in [-0.3, -0.25) is 4.79 Å². The van der Waals surface area contributed by atoms with Crippen molar-refractivity contribution in [1.82, 2.24) is 9.88 Å². The first-order chi connectivity index (χ1) is 9.08. The standard InChI is InChI=1S/C16H20N2O/c1-10-7-11(2)12-9-13(14-5-4-6-17-14)16(19)18(3)15(12)8-10/h7-9,14,17H,4-6H2,1-3H3. The highest BCUT2D eigenvalue weighted by Gasteiger charge is 2.21. The van der Waals surface area contributed by atoms with Gasteiger partial charge in [0.1, 0.15) is 0 Å². The van der Waals surface area contributed by atoms with Gasteiger partial charge in [-0.05, 0) is 56.5 Å². The van der Waals surface area contributed by atoms with Crippen LogP contribution in [0.25, 0.3) is 10.9 Å². The van der Waals surface area contributed by atoms with Crippen LogP contribution < -0.4 is 10.9 Å². The second kappa shape index (κ2) is 4.49. The van der Waals surface area contributed by atoms with Crippen molar-refractivity contribution >= 4 is 10.9 Å². The SMILES string of the molecule is Cc1cc(C)c2cc(C3CCCN3)c(=O)n(C)c2c1. The quantitative estimate of drug-likeness (QED) is 0.851. The van der Waals surface area contributed by atoms with Gasteiger partial charge in [-0.2, -0.15) is 0 Å². The van der Waals surface area contributed by atoms with Crippen LogP contribution in [0.5, 0.6) is 0 Å². The summed E-state index contributed by atoms with van der Waals surface area (Å²) in [6.07, 6.45) is 2.21. The second-order valence-corrected chi connectivity index (χ2v) is 5.63. The number of hydrogen-bond donors (Lipinski definition) is 1. The van der Waals surface area contributed by atoms with Crippen LogP contribution in [0.3, 0.4) is 0 Å². The summed E-state index contributed by atoms with van der Waals surface area (Å²) >= 11 is 0. The Kier molecular flexibility index (Phi) is 2.94. The molecule has 1 aliphatic rings. The molecule has 1 aromatic carbocycles. The summed E-state index contributed by atoms with van der Waals surface area (Å²) in [4.78, 5) is 12.5. The van der Waals surface area contributed by atoms with E-state index in [4.69, 9.17) is 0 Å². The molecule has 3 nitrogen and oxygen atoms in total. The van der Waals surface area contributed by atoms with E-state index in [2.05, 4.69) is 37.4 Å². The molecule has 2 aromatic rings. The van der Waals surface area contributed by atoms with Crippen LogP contribution >= 0.6 is 0 Å². The zero-order valence-electron chi connectivity index (χ0n) is 11.8. The van der Waals surface area contributed by atoms with Crippen LogP contribution in [0.2, 0.25) is 0 Å². The minimum absolute atomic E-state index is 0.136. The van der Waals surface area contributed by atoms with Crippen LogP contribution in [-0.4, -0.2) is 11.1 Å². The highest BCUT2D eigenvalue weighted by atomic mass is 16.1. The Morgan fingerprint density at radius 1 is 1.26 bits per heavy atom. The second-order valence-electron chi connectivity index (χ2n) is 5.63. The van der Waals surface area contributed by atoms with Crippen LogP contribution in [0.4, 0.5) is 0 Å². The molecule has 0 radical (unpaired) electrons. The number of rotatable bonds is 1. The van der Waals surface area contributed by atoms with Gasteiger partial charge in [0.25, 0.3) is 5.56 Å². The summed E-state index contributed by atoms with van der Waals surface area (Å²) in [5.41, 5.74) is 4.53. The average Bonchev–Trinajstić information content (AvgIpc) is 2.88. The third-order valence-electron chi connectivity index (χ3n) is 4.16. The van der Waals surface area contributed by atoms with Gasteiger partial charge in [0.2, 0.25) is 0 Å². The zero-order chi connectivity index (χ0) is 13.6. The maximum atomic E-state index is 12.5. The molecular weight excluding hydrogens is 236 g/mol. The van der Waals surface area contributed by atoms with Crippen LogP contribution in [0, 0.1) is 13.8 Å². The summed E-state index contributed by atoms with van der Waals surface area (Å²) in [7, 11) is 1.88. The Balaban J connectivity index is 2.31. The van der Waals surface area contributed by atoms with Crippen LogP contribution in [0.15, 0.2) is 23.0 Å². The highest BCUT2D eigenvalue weighted by Crippen LogP contribution is 2.25. The normalized spacial score (nSPS) is 19.2. The molecule has 0 bridgehead atoms. The maximum absolute atomic E-state index is 12.5. The summed E-state index contributed by atoms with van der Waals surface area (Å²) in [5.74, 6) is 0. The number of fused-ring (bicyclic) bond motifs is 1. The van der Waals surface area contributed by atoms with Crippen molar-refractivity contribution in [3.63, 3.8) is 0 Å². The molecule has 0 saturated carbocycles. The minimum Gasteiger partial charge on any atom is -0.311 e. The van der Waals surface area contributed by atoms with Crippen molar-refractivity contribution < 1.29 is 0 Å². The molecule has 0 amide bonds. The van der Waals surface area contributed by atoms with E-state index >= 15 is 0 Å². The number of nitrogens with zero attached hydrogens (tertiary/aromatic N) is 1. The molecule has 1 atom stereocenters. The molecule has 3 heteroatoms. The fourth-order valence-electron chi connectivity index (χ4n) is 3.14. The van der Waals surface area contributed by atoms with Gasteiger partial charge >= 0.3 is 0 Å². The Morgan fingerprint density at radius 3 is 2.74 bits per heavy atom. The van der Waals surface area contributed by atoms with Crippen molar-refractivity contribution in [3.8, 4) is 0 Å². The molecule has 19 heavy (non-hydrogen) atoms. The number of hydrogen-bond acceptors (Lipinski definition) is 2. The van der Waals surface area contributed by atoms with Crippen molar-refractivity contribution in [2.75, 3.05) is 6.54 Å². The molecule has 0 spiro atoms. The maximum Gasteiger partial charge on any atom is 0.255 e. The molecule has 0 aliphatic carbocycles. The largest absolute Gasteiger partial charge is 0.311 e. The zero-order valence-corrected chi connectivity index (χ0v) is 11.8. The molecule has 1 unspecified atom stereocenters. The van der Waals surface area contributed by atoms with E-state index in [0.717, 1.165) is 30.5 Å². The van der Waals surface area contributed by atoms with Crippen LogP contribution in [0.1, 0.15) is 35.6 Å². The smallest absolute Gasteiger partial charge is 0.255 e. The van der Waals surface area contributed by atoms with E-state index in [9.17, 15) is 4.79 Å². The lowest BCUT2D eigenvalue weighted by Crippen LogP contribution is -2.27. The first-order valence-electron chi connectivity index (χ1n) is 6.92.